The molecular weight excluding hydrogens is 218 g/mol. The quantitative estimate of drug-likeness (QED) is 0.685. The Labute approximate surface area is 111 Å². The highest BCUT2D eigenvalue weighted by Crippen LogP contribution is 2.60. The summed E-state index contributed by atoms with van der Waals surface area (Å²) >= 11 is 0. The molecule has 0 heterocycles. The SMILES string of the molecule is c1ccc(CCCCNCC2(C3CC3)CC2)cc1. The second kappa shape index (κ2) is 5.44. The Balaban J connectivity index is 1.25. The van der Waals surface area contributed by atoms with Crippen LogP contribution in [0.2, 0.25) is 0 Å². The highest BCUT2D eigenvalue weighted by molar-refractivity contribution is 5.14. The second-order valence-electron chi connectivity index (χ2n) is 6.26. The van der Waals surface area contributed by atoms with Gasteiger partial charge in [-0.05, 0) is 68.4 Å². The van der Waals surface area contributed by atoms with Crippen LogP contribution in [0.4, 0.5) is 0 Å². The van der Waals surface area contributed by atoms with Gasteiger partial charge < -0.3 is 5.32 Å². The van der Waals surface area contributed by atoms with Crippen molar-refractivity contribution in [1.29, 1.82) is 0 Å². The molecule has 0 amide bonds. The fraction of sp³-hybridized carbons (Fsp3) is 0.647. The molecule has 2 fully saturated rings. The summed E-state index contributed by atoms with van der Waals surface area (Å²) in [4.78, 5) is 0. The fourth-order valence-corrected chi connectivity index (χ4v) is 3.15. The van der Waals surface area contributed by atoms with E-state index in [4.69, 9.17) is 0 Å². The topological polar surface area (TPSA) is 12.0 Å². The van der Waals surface area contributed by atoms with Crippen molar-refractivity contribution in [2.45, 2.75) is 44.9 Å². The molecule has 1 N–H and O–H groups in total. The summed E-state index contributed by atoms with van der Waals surface area (Å²) < 4.78 is 0. The van der Waals surface area contributed by atoms with Crippen molar-refractivity contribution in [3.8, 4) is 0 Å². The van der Waals surface area contributed by atoms with E-state index in [1.807, 2.05) is 0 Å². The van der Waals surface area contributed by atoms with Gasteiger partial charge in [-0.25, -0.2) is 0 Å². The van der Waals surface area contributed by atoms with E-state index < -0.39 is 0 Å². The van der Waals surface area contributed by atoms with E-state index in [2.05, 4.69) is 35.6 Å². The van der Waals surface area contributed by atoms with Gasteiger partial charge in [0.15, 0.2) is 0 Å². The van der Waals surface area contributed by atoms with Crippen LogP contribution in [0.15, 0.2) is 30.3 Å². The van der Waals surface area contributed by atoms with Gasteiger partial charge in [0, 0.05) is 6.54 Å². The molecule has 0 aromatic heterocycles. The molecule has 98 valence electrons. The van der Waals surface area contributed by atoms with Gasteiger partial charge in [0.1, 0.15) is 0 Å². The van der Waals surface area contributed by atoms with Gasteiger partial charge in [-0.3, -0.25) is 0 Å². The maximum absolute atomic E-state index is 3.70. The van der Waals surface area contributed by atoms with Gasteiger partial charge >= 0.3 is 0 Å². The minimum Gasteiger partial charge on any atom is -0.316 e. The highest BCUT2D eigenvalue weighted by atomic mass is 14.9. The van der Waals surface area contributed by atoms with Gasteiger partial charge in [0.05, 0.1) is 0 Å². The Morgan fingerprint density at radius 1 is 1.06 bits per heavy atom. The lowest BCUT2D eigenvalue weighted by Gasteiger charge is -2.14. The summed E-state index contributed by atoms with van der Waals surface area (Å²) in [6.07, 6.45) is 9.87. The number of unbranched alkanes of at least 4 members (excludes halogenated alkanes) is 1. The summed E-state index contributed by atoms with van der Waals surface area (Å²) in [5.74, 6) is 1.09. The smallest absolute Gasteiger partial charge is 0.00105 e. The molecule has 0 radical (unpaired) electrons. The van der Waals surface area contributed by atoms with Gasteiger partial charge in [-0.15, -0.1) is 0 Å². The average molecular weight is 243 g/mol. The van der Waals surface area contributed by atoms with Crippen LogP contribution in [0.3, 0.4) is 0 Å². The van der Waals surface area contributed by atoms with Crippen LogP contribution in [0.1, 0.15) is 44.1 Å². The summed E-state index contributed by atoms with van der Waals surface area (Å²) in [5, 5.41) is 3.70. The normalized spacial score (nSPS) is 20.9. The molecule has 0 spiro atoms. The average Bonchev–Trinajstić information content (AvgIpc) is 3.28. The number of rotatable bonds is 8. The number of aryl methyl sites for hydroxylation is 1. The van der Waals surface area contributed by atoms with E-state index in [1.165, 1.54) is 63.6 Å². The summed E-state index contributed by atoms with van der Waals surface area (Å²) in [5.41, 5.74) is 2.24. The van der Waals surface area contributed by atoms with Crippen molar-refractivity contribution in [3.63, 3.8) is 0 Å². The Bertz CT molecular complexity index is 362. The predicted molar refractivity (Wildman–Crippen MR) is 76.6 cm³/mol. The molecule has 0 atom stereocenters. The molecule has 0 unspecified atom stereocenters. The third-order valence-corrected chi connectivity index (χ3v) is 4.72. The minimum absolute atomic E-state index is 0.763. The minimum atomic E-state index is 0.763. The largest absolute Gasteiger partial charge is 0.316 e. The van der Waals surface area contributed by atoms with Crippen LogP contribution in [0, 0.1) is 11.3 Å². The van der Waals surface area contributed by atoms with Gasteiger partial charge in [-0.1, -0.05) is 30.3 Å². The molecule has 1 aromatic carbocycles. The van der Waals surface area contributed by atoms with Crippen molar-refractivity contribution < 1.29 is 0 Å². The first-order chi connectivity index (χ1) is 8.89. The van der Waals surface area contributed by atoms with Crippen LogP contribution >= 0.6 is 0 Å². The zero-order valence-electron chi connectivity index (χ0n) is 11.3. The van der Waals surface area contributed by atoms with Gasteiger partial charge in [0.2, 0.25) is 0 Å². The van der Waals surface area contributed by atoms with Crippen molar-refractivity contribution in [2.24, 2.45) is 11.3 Å². The van der Waals surface area contributed by atoms with E-state index in [0.717, 1.165) is 11.3 Å². The van der Waals surface area contributed by atoms with Crippen LogP contribution < -0.4 is 5.32 Å². The first-order valence-electron chi connectivity index (χ1n) is 7.64. The third-order valence-electron chi connectivity index (χ3n) is 4.72. The Morgan fingerprint density at radius 3 is 2.50 bits per heavy atom. The van der Waals surface area contributed by atoms with Gasteiger partial charge in [0.25, 0.3) is 0 Å². The molecule has 0 aliphatic heterocycles. The molecule has 1 nitrogen and oxygen atoms in total. The standard InChI is InChI=1S/C17H25N/c1-2-6-15(7-3-1)8-4-5-13-18-14-17(11-12-17)16-9-10-16/h1-3,6-7,16,18H,4-5,8-14H2. The molecule has 2 saturated carbocycles. The van der Waals surface area contributed by atoms with E-state index in [-0.39, 0.29) is 0 Å². The van der Waals surface area contributed by atoms with Crippen LogP contribution in [0.5, 0.6) is 0 Å². The number of nitrogens with one attached hydrogen (secondary N) is 1. The van der Waals surface area contributed by atoms with Crippen LogP contribution in [-0.4, -0.2) is 13.1 Å². The summed E-state index contributed by atoms with van der Waals surface area (Å²) in [6.45, 7) is 2.50. The van der Waals surface area contributed by atoms with Crippen molar-refractivity contribution >= 4 is 0 Å². The van der Waals surface area contributed by atoms with Crippen LogP contribution in [0.25, 0.3) is 0 Å². The van der Waals surface area contributed by atoms with E-state index in [1.54, 1.807) is 0 Å². The third kappa shape index (κ3) is 3.14. The first kappa shape index (κ1) is 12.2. The zero-order valence-corrected chi connectivity index (χ0v) is 11.3. The number of hydrogen-bond donors (Lipinski definition) is 1. The molecule has 2 aliphatic carbocycles. The molecule has 3 rings (SSSR count). The monoisotopic (exact) mass is 243 g/mol. The fourth-order valence-electron chi connectivity index (χ4n) is 3.15. The maximum atomic E-state index is 3.70. The van der Waals surface area contributed by atoms with E-state index >= 15 is 0 Å². The molecule has 0 saturated heterocycles. The molecule has 18 heavy (non-hydrogen) atoms. The highest BCUT2D eigenvalue weighted by Gasteiger charge is 2.52. The zero-order chi connectivity index (χ0) is 12.3. The molecule has 2 aliphatic rings. The van der Waals surface area contributed by atoms with E-state index in [0.29, 0.717) is 0 Å². The predicted octanol–water partition coefficient (Wildman–Crippen LogP) is 3.79. The number of benzene rings is 1. The summed E-state index contributed by atoms with van der Waals surface area (Å²) in [6, 6.07) is 10.8. The molecule has 1 heteroatoms. The lowest BCUT2D eigenvalue weighted by atomic mass is 10.0. The molecular formula is C17H25N. The Kier molecular flexibility index (Phi) is 3.69. The van der Waals surface area contributed by atoms with E-state index in [9.17, 15) is 0 Å². The van der Waals surface area contributed by atoms with Crippen molar-refractivity contribution in [3.05, 3.63) is 35.9 Å². The second-order valence-corrected chi connectivity index (χ2v) is 6.26. The Morgan fingerprint density at radius 2 is 1.83 bits per heavy atom. The molecule has 0 bridgehead atoms. The lowest BCUT2D eigenvalue weighted by Crippen LogP contribution is -2.26. The Hall–Kier alpha value is -0.820. The first-order valence-corrected chi connectivity index (χ1v) is 7.64. The summed E-state index contributed by atoms with van der Waals surface area (Å²) in [7, 11) is 0. The van der Waals surface area contributed by atoms with Gasteiger partial charge in [-0.2, -0.15) is 0 Å². The van der Waals surface area contributed by atoms with Crippen LogP contribution in [-0.2, 0) is 6.42 Å². The van der Waals surface area contributed by atoms with Crippen molar-refractivity contribution in [2.75, 3.05) is 13.1 Å². The lowest BCUT2D eigenvalue weighted by molar-refractivity contribution is 0.401. The van der Waals surface area contributed by atoms with Crippen molar-refractivity contribution in [1.82, 2.24) is 5.32 Å². The maximum Gasteiger partial charge on any atom is 0.00105 e. The molecule has 1 aromatic rings. The number of hydrogen-bond acceptors (Lipinski definition) is 1.